The van der Waals surface area contributed by atoms with Crippen molar-refractivity contribution < 1.29 is 24.5 Å². The lowest BCUT2D eigenvalue weighted by molar-refractivity contribution is -0.130. The van der Waals surface area contributed by atoms with Crippen LogP contribution >= 0.6 is 0 Å². The Morgan fingerprint density at radius 3 is 2.62 bits per heavy atom. The number of aromatic hydroxyl groups is 1. The quantitative estimate of drug-likeness (QED) is 0.123. The molecule has 3 aliphatic rings. The van der Waals surface area contributed by atoms with Crippen molar-refractivity contribution in [2.24, 2.45) is 23.7 Å². The van der Waals surface area contributed by atoms with Gasteiger partial charge in [-0.2, -0.15) is 0 Å². The SMILES string of the molecule is CCCCC1CC(CC2=CCNC(NCCCO)=C2)CC2C#CC(c3ccccc3)c3cc(O)c(OC)cc3CCC(=O)CC(=O)C2C1. The summed E-state index contributed by atoms with van der Waals surface area (Å²) in [6.07, 6.45) is 12.6. The number of ketones is 2. The molecule has 0 saturated heterocycles. The van der Waals surface area contributed by atoms with Gasteiger partial charge in [0.1, 0.15) is 11.6 Å². The van der Waals surface area contributed by atoms with Crippen LogP contribution in [0.2, 0.25) is 0 Å². The summed E-state index contributed by atoms with van der Waals surface area (Å²) >= 11 is 0. The number of rotatable bonds is 11. The maximum absolute atomic E-state index is 14.1. The van der Waals surface area contributed by atoms with E-state index in [9.17, 15) is 19.8 Å². The van der Waals surface area contributed by atoms with Gasteiger partial charge in [-0.3, -0.25) is 9.59 Å². The van der Waals surface area contributed by atoms with Crippen LogP contribution in [0.3, 0.4) is 0 Å². The third-order valence-corrected chi connectivity index (χ3v) is 10.2. The predicted octanol–water partition coefficient (Wildman–Crippen LogP) is 6.58. The first-order chi connectivity index (χ1) is 23.4. The number of aryl methyl sites for hydroxylation is 1. The highest BCUT2D eigenvalue weighted by molar-refractivity contribution is 6.00. The molecule has 1 fully saturated rings. The van der Waals surface area contributed by atoms with E-state index in [0.29, 0.717) is 37.0 Å². The van der Waals surface area contributed by atoms with Crippen molar-refractivity contribution in [3.05, 3.63) is 82.7 Å². The Morgan fingerprint density at radius 2 is 1.85 bits per heavy atom. The summed E-state index contributed by atoms with van der Waals surface area (Å²) in [6.45, 7) is 3.83. The summed E-state index contributed by atoms with van der Waals surface area (Å²) in [5, 5.41) is 26.9. The van der Waals surface area contributed by atoms with Gasteiger partial charge in [-0.05, 0) is 90.8 Å². The lowest BCUT2D eigenvalue weighted by Gasteiger charge is -2.25. The summed E-state index contributed by atoms with van der Waals surface area (Å²) in [7, 11) is 1.52. The topological polar surface area (TPSA) is 108 Å². The molecule has 4 N–H and O–H groups in total. The molecule has 256 valence electrons. The highest BCUT2D eigenvalue weighted by Crippen LogP contribution is 2.42. The molecule has 0 amide bonds. The van der Waals surface area contributed by atoms with Gasteiger partial charge in [0.05, 0.1) is 25.3 Å². The second-order valence-electron chi connectivity index (χ2n) is 13.8. The van der Waals surface area contributed by atoms with Crippen LogP contribution in [-0.2, 0) is 16.0 Å². The second-order valence-corrected chi connectivity index (χ2v) is 13.8. The molecule has 2 aromatic carbocycles. The zero-order valence-electron chi connectivity index (χ0n) is 28.6. The molecule has 5 rings (SSSR count). The second kappa shape index (κ2) is 17.4. The van der Waals surface area contributed by atoms with Gasteiger partial charge < -0.3 is 25.6 Å². The fraction of sp³-hybridized carbons (Fsp3) is 0.512. The van der Waals surface area contributed by atoms with Gasteiger partial charge in [-0.25, -0.2) is 0 Å². The molecule has 7 nitrogen and oxygen atoms in total. The third-order valence-electron chi connectivity index (χ3n) is 10.2. The number of Topliss-reactive ketones (excluding diaryl/α,β-unsaturated/α-hetero) is 2. The summed E-state index contributed by atoms with van der Waals surface area (Å²) in [4.78, 5) is 27.4. The van der Waals surface area contributed by atoms with E-state index in [0.717, 1.165) is 74.0 Å². The third kappa shape index (κ3) is 9.32. The van der Waals surface area contributed by atoms with Crippen molar-refractivity contribution in [2.75, 3.05) is 26.8 Å². The van der Waals surface area contributed by atoms with Gasteiger partial charge in [0.2, 0.25) is 0 Å². The molecule has 2 aliphatic carbocycles. The van der Waals surface area contributed by atoms with Crippen LogP contribution in [0.25, 0.3) is 0 Å². The number of hydrogen-bond donors (Lipinski definition) is 4. The molecule has 0 bridgehead atoms. The minimum Gasteiger partial charge on any atom is -0.504 e. The number of phenolic OH excluding ortho intramolecular Hbond substituents is 1. The number of unbranched alkanes of at least 4 members (excludes halogenated alkanes) is 1. The largest absolute Gasteiger partial charge is 0.504 e. The number of carbonyl (C=O) groups is 2. The molecular formula is C41H52N2O5. The van der Waals surface area contributed by atoms with Crippen molar-refractivity contribution in [2.45, 2.75) is 83.5 Å². The number of aliphatic hydroxyl groups is 1. The number of aliphatic hydroxyl groups excluding tert-OH is 1. The van der Waals surface area contributed by atoms with Gasteiger partial charge in [0, 0.05) is 38.0 Å². The van der Waals surface area contributed by atoms with E-state index in [2.05, 4.69) is 53.7 Å². The summed E-state index contributed by atoms with van der Waals surface area (Å²) in [5.41, 5.74) is 4.07. The van der Waals surface area contributed by atoms with Gasteiger partial charge in [0.15, 0.2) is 11.5 Å². The van der Waals surface area contributed by atoms with Crippen LogP contribution in [0.15, 0.2) is 66.0 Å². The van der Waals surface area contributed by atoms with E-state index in [1.165, 1.54) is 12.7 Å². The Morgan fingerprint density at radius 1 is 1.02 bits per heavy atom. The van der Waals surface area contributed by atoms with Crippen molar-refractivity contribution in [1.82, 2.24) is 10.6 Å². The van der Waals surface area contributed by atoms with E-state index in [1.807, 2.05) is 24.3 Å². The van der Waals surface area contributed by atoms with Crippen LogP contribution in [0.4, 0.5) is 0 Å². The van der Waals surface area contributed by atoms with E-state index < -0.39 is 0 Å². The number of benzene rings is 2. The molecule has 48 heavy (non-hydrogen) atoms. The van der Waals surface area contributed by atoms with Crippen molar-refractivity contribution in [3.8, 4) is 23.3 Å². The molecule has 1 aliphatic heterocycles. The van der Waals surface area contributed by atoms with Gasteiger partial charge >= 0.3 is 0 Å². The summed E-state index contributed by atoms with van der Waals surface area (Å²) in [6, 6.07) is 13.7. The Balaban J connectivity index is 1.54. The number of nitrogens with one attached hydrogen (secondary N) is 2. The van der Waals surface area contributed by atoms with Gasteiger partial charge in [0.25, 0.3) is 0 Å². The minimum absolute atomic E-state index is 0.0399. The summed E-state index contributed by atoms with van der Waals surface area (Å²) < 4.78 is 5.44. The smallest absolute Gasteiger partial charge is 0.160 e. The highest BCUT2D eigenvalue weighted by atomic mass is 16.5. The molecule has 0 radical (unpaired) electrons. The zero-order chi connectivity index (χ0) is 33.9. The van der Waals surface area contributed by atoms with Gasteiger partial charge in [-0.1, -0.05) is 74.4 Å². The predicted molar refractivity (Wildman–Crippen MR) is 189 cm³/mol. The molecule has 0 spiro atoms. The first-order valence-electron chi connectivity index (χ1n) is 17.9. The van der Waals surface area contributed by atoms with Crippen LogP contribution in [0.1, 0.15) is 93.7 Å². The minimum atomic E-state index is -0.330. The lowest BCUT2D eigenvalue weighted by Crippen LogP contribution is -2.30. The van der Waals surface area contributed by atoms with Gasteiger partial charge in [-0.15, -0.1) is 0 Å². The number of fused-ring (bicyclic) bond motifs is 2. The molecule has 1 heterocycles. The Kier molecular flexibility index (Phi) is 12.8. The number of ether oxygens (including phenoxy) is 1. The normalized spacial score (nSPS) is 24.5. The van der Waals surface area contributed by atoms with Crippen LogP contribution in [-0.4, -0.2) is 48.6 Å². The maximum atomic E-state index is 14.1. The van der Waals surface area contributed by atoms with E-state index in [4.69, 9.17) is 4.74 Å². The molecule has 5 unspecified atom stereocenters. The van der Waals surface area contributed by atoms with E-state index in [1.54, 1.807) is 6.07 Å². The molecule has 2 aromatic rings. The van der Waals surface area contributed by atoms with Crippen molar-refractivity contribution in [1.29, 1.82) is 0 Å². The molecule has 5 atom stereocenters. The Labute approximate surface area is 286 Å². The number of hydrogen-bond acceptors (Lipinski definition) is 7. The average molecular weight is 653 g/mol. The fourth-order valence-electron chi connectivity index (χ4n) is 7.74. The van der Waals surface area contributed by atoms with Crippen LogP contribution < -0.4 is 15.4 Å². The van der Waals surface area contributed by atoms with Crippen molar-refractivity contribution >= 4 is 11.6 Å². The first-order valence-corrected chi connectivity index (χ1v) is 17.9. The van der Waals surface area contributed by atoms with Crippen molar-refractivity contribution in [3.63, 3.8) is 0 Å². The first kappa shape index (κ1) is 35.3. The van der Waals surface area contributed by atoms with Crippen LogP contribution in [0, 0.1) is 35.5 Å². The monoisotopic (exact) mass is 652 g/mol. The average Bonchev–Trinajstić information content (AvgIpc) is 3.26. The van der Waals surface area contributed by atoms with Crippen LogP contribution in [0.5, 0.6) is 11.5 Å². The number of methoxy groups -OCH3 is 1. The van der Waals surface area contributed by atoms with E-state index in [-0.39, 0.29) is 54.5 Å². The molecule has 1 saturated carbocycles. The number of allylic oxidation sites excluding steroid dienone is 2. The number of phenols is 1. The summed E-state index contributed by atoms with van der Waals surface area (Å²) in [5.74, 6) is 8.69. The fourth-order valence-corrected chi connectivity index (χ4v) is 7.74. The molecular weight excluding hydrogens is 600 g/mol. The molecule has 7 heteroatoms. The number of dihydropyridines is 1. The lowest BCUT2D eigenvalue weighted by atomic mass is 9.78. The standard InChI is InChI=1S/C41H52N2O5/c1-3-4-9-28-20-30(21-29-16-18-43-41(24-29)42-17-8-19-44)22-32-13-15-35(31-10-6-5-7-11-31)36-27-39(47)40(48-2)25-33(36)12-14-34(45)26-38(46)37(32)23-28/h5-7,10-11,16,24-25,27-28,30,32,35,37,42-44,47H,3-4,8-9,12,14,17-23,26H2,1-2H3. The van der Waals surface area contributed by atoms with E-state index >= 15 is 0 Å². The molecule has 0 aromatic heterocycles. The number of carbonyl (C=O) groups excluding carboxylic acids is 2. The Bertz CT molecular complexity index is 1540. The highest BCUT2D eigenvalue weighted by Gasteiger charge is 2.37. The maximum Gasteiger partial charge on any atom is 0.160 e. The zero-order valence-corrected chi connectivity index (χ0v) is 28.6. The Hall–Kier alpha value is -4.02.